The number of carboxylic acid groups (broad SMARTS) is 2. The van der Waals surface area contributed by atoms with E-state index >= 15 is 0 Å². The van der Waals surface area contributed by atoms with Gasteiger partial charge in [-0.05, 0) is 23.8 Å². The number of amides is 2. The minimum Gasteiger partial charge on any atom is -0.504 e. The lowest BCUT2D eigenvalue weighted by Crippen LogP contribution is -2.71. The highest BCUT2D eigenvalue weighted by atomic mass is 32.2. The number of carbonyl (C=O) groups is 4. The minimum atomic E-state index is -1.82. The van der Waals surface area contributed by atoms with E-state index in [1.165, 1.54) is 35.5 Å². The minimum absolute atomic E-state index is 0.0581. The average Bonchev–Trinajstić information content (AvgIpc) is 3.43. The number of fused-ring (bicyclic) bond motifs is 1. The molecule has 4 heterocycles. The summed E-state index contributed by atoms with van der Waals surface area (Å²) in [4.78, 5) is 69.2. The number of rotatable bonds is 11. The van der Waals surface area contributed by atoms with Crippen molar-refractivity contribution >= 4 is 75.3 Å². The second kappa shape index (κ2) is 12.9. The summed E-state index contributed by atoms with van der Waals surface area (Å²) in [5, 5.41) is 46.2. The largest absolute Gasteiger partial charge is 0.504 e. The van der Waals surface area contributed by atoms with Gasteiger partial charge in [0, 0.05) is 28.6 Å². The fourth-order valence-corrected chi connectivity index (χ4v) is 7.11. The van der Waals surface area contributed by atoms with Crippen molar-refractivity contribution in [3.05, 3.63) is 58.4 Å². The third-order valence-electron chi connectivity index (χ3n) is 6.32. The number of oxime groups is 1. The van der Waals surface area contributed by atoms with Gasteiger partial charge in [0.25, 0.3) is 11.8 Å². The number of benzene rings is 1. The first-order valence-electron chi connectivity index (χ1n) is 12.6. The number of aromatic hydroxyl groups is 2. The number of thiazole rings is 1. The summed E-state index contributed by atoms with van der Waals surface area (Å²) in [5.74, 6) is -4.97. The molecule has 2 amide bonds. The maximum atomic E-state index is 13.4. The zero-order valence-corrected chi connectivity index (χ0v) is 25.0. The highest BCUT2D eigenvalue weighted by molar-refractivity contribution is 8.01. The molecule has 0 saturated carbocycles. The van der Waals surface area contributed by atoms with Crippen LogP contribution in [0, 0.1) is 0 Å². The summed E-state index contributed by atoms with van der Waals surface area (Å²) in [6, 6.07) is 3.53. The van der Waals surface area contributed by atoms with Crippen LogP contribution in [-0.4, -0.2) is 92.7 Å². The van der Waals surface area contributed by atoms with Gasteiger partial charge < -0.3 is 42.0 Å². The van der Waals surface area contributed by atoms with E-state index in [9.17, 15) is 39.6 Å². The van der Waals surface area contributed by atoms with Gasteiger partial charge >= 0.3 is 11.9 Å². The van der Waals surface area contributed by atoms with Crippen LogP contribution in [0.15, 0.2) is 57.4 Å². The number of hydrogen-bond donors (Lipinski definition) is 7. The smallest absolute Gasteiger partial charge is 0.352 e. The molecule has 3 aromatic rings. The summed E-state index contributed by atoms with van der Waals surface area (Å²) in [5.41, 5.74) is 10.9. The summed E-state index contributed by atoms with van der Waals surface area (Å²) in [7, 11) is 0. The van der Waals surface area contributed by atoms with Crippen molar-refractivity contribution in [2.75, 3.05) is 23.0 Å². The van der Waals surface area contributed by atoms with Gasteiger partial charge in [-0.25, -0.2) is 24.5 Å². The molecule has 234 valence electrons. The molecule has 1 aromatic carbocycles. The number of anilines is 2. The molecule has 0 bridgehead atoms. The van der Waals surface area contributed by atoms with Crippen LogP contribution in [0.25, 0.3) is 0 Å². The maximum absolute atomic E-state index is 13.4. The lowest BCUT2D eigenvalue weighted by atomic mass is 10.0. The Hall–Kier alpha value is -5.08. The van der Waals surface area contributed by atoms with Crippen molar-refractivity contribution in [3.63, 3.8) is 0 Å². The third-order valence-corrected chi connectivity index (χ3v) is 9.28. The van der Waals surface area contributed by atoms with E-state index < -0.39 is 58.5 Å². The summed E-state index contributed by atoms with van der Waals surface area (Å²) in [6.45, 7) is 0. The molecule has 0 aliphatic carbocycles. The quantitative estimate of drug-likeness (QED) is 0.0366. The number of phenols is 2. The van der Waals surface area contributed by atoms with Crippen molar-refractivity contribution in [2.24, 2.45) is 5.16 Å². The molecule has 2 aliphatic rings. The number of carboxylic acids is 2. The number of nitrogens with two attached hydrogens (primary N) is 2. The number of carbonyl (C=O) groups excluding carboxylic acids is 2. The van der Waals surface area contributed by atoms with Crippen molar-refractivity contribution in [1.29, 1.82) is 0 Å². The van der Waals surface area contributed by atoms with Gasteiger partial charge in [-0.3, -0.25) is 14.5 Å². The number of β-lactam (4-membered cyclic amide) rings is 1. The van der Waals surface area contributed by atoms with Gasteiger partial charge in [-0.15, -0.1) is 23.1 Å². The zero-order chi connectivity index (χ0) is 32.4. The first-order valence-corrected chi connectivity index (χ1v) is 15.5. The lowest BCUT2D eigenvalue weighted by molar-refractivity contribution is -0.151. The Kier molecular flexibility index (Phi) is 8.97. The topological polar surface area (TPSA) is 277 Å². The first kappa shape index (κ1) is 31.3. The monoisotopic (exact) mass is 674 g/mol. The van der Waals surface area contributed by atoms with Gasteiger partial charge in [0.15, 0.2) is 27.5 Å². The number of aliphatic carboxylic acids is 2. The molecule has 9 N–H and O–H groups in total. The fraction of sp³-hybridized carbons (Fsp3) is 0.200. The van der Waals surface area contributed by atoms with Crippen LogP contribution in [-0.2, 0) is 24.0 Å². The van der Waals surface area contributed by atoms with Crippen LogP contribution in [0.2, 0.25) is 0 Å². The Labute approximate surface area is 265 Å². The fourth-order valence-electron chi connectivity index (χ4n) is 4.24. The predicted octanol–water partition coefficient (Wildman–Crippen LogP) is 0.586. The molecule has 2 aromatic heterocycles. The number of phenolic OH excluding ortho intramolecular Hbond substituents is 2. The SMILES string of the molecule is Nc1ccnc(SCC2=C(C(=O)O)N3C(=O)C(NC(=O)/C(=N\O[C@H](C(=O)O)c4ccc(O)c(O)c4)c4csc(N)n4)[C@@H]3SC2)n1. The van der Waals surface area contributed by atoms with Crippen LogP contribution >= 0.6 is 34.9 Å². The normalized spacial score (nSPS) is 18.5. The van der Waals surface area contributed by atoms with Gasteiger partial charge in [0.1, 0.15) is 28.6 Å². The van der Waals surface area contributed by atoms with E-state index in [-0.39, 0.29) is 39.4 Å². The van der Waals surface area contributed by atoms with Gasteiger partial charge in [-0.2, -0.15) is 0 Å². The van der Waals surface area contributed by atoms with E-state index in [0.717, 1.165) is 40.1 Å². The molecule has 45 heavy (non-hydrogen) atoms. The van der Waals surface area contributed by atoms with Gasteiger partial charge in [0.2, 0.25) is 6.10 Å². The van der Waals surface area contributed by atoms with Crippen LogP contribution < -0.4 is 16.8 Å². The molecule has 5 rings (SSSR count). The van der Waals surface area contributed by atoms with Gasteiger partial charge in [0.05, 0.1) is 0 Å². The zero-order valence-electron chi connectivity index (χ0n) is 22.6. The van der Waals surface area contributed by atoms with Crippen molar-refractivity contribution < 1.29 is 44.4 Å². The third kappa shape index (κ3) is 6.56. The molecule has 20 heteroatoms. The molecule has 1 unspecified atom stereocenters. The number of thioether (sulfide) groups is 2. The Morgan fingerprint density at radius 2 is 1.96 bits per heavy atom. The summed E-state index contributed by atoms with van der Waals surface area (Å²) in [6.07, 6.45) is -0.347. The van der Waals surface area contributed by atoms with Crippen LogP contribution in [0.5, 0.6) is 11.5 Å². The van der Waals surface area contributed by atoms with Crippen molar-refractivity contribution in [2.45, 2.75) is 22.7 Å². The number of nitrogens with zero attached hydrogens (tertiary/aromatic N) is 5. The molecule has 3 atom stereocenters. The Bertz CT molecular complexity index is 1760. The number of nitrogen functional groups attached to an aromatic ring is 2. The number of hydrogen-bond acceptors (Lipinski definition) is 16. The van der Waals surface area contributed by atoms with E-state index in [1.54, 1.807) is 0 Å². The van der Waals surface area contributed by atoms with Gasteiger partial charge in [-0.1, -0.05) is 23.0 Å². The molecule has 0 radical (unpaired) electrons. The highest BCUT2D eigenvalue weighted by Crippen LogP contribution is 2.41. The lowest BCUT2D eigenvalue weighted by Gasteiger charge is -2.49. The predicted molar refractivity (Wildman–Crippen MR) is 161 cm³/mol. The van der Waals surface area contributed by atoms with E-state index in [0.29, 0.717) is 10.7 Å². The Balaban J connectivity index is 1.35. The van der Waals surface area contributed by atoms with Crippen LogP contribution in [0.1, 0.15) is 17.4 Å². The second-order valence-electron chi connectivity index (χ2n) is 9.25. The first-order chi connectivity index (χ1) is 21.4. The van der Waals surface area contributed by atoms with Crippen molar-refractivity contribution in [1.82, 2.24) is 25.2 Å². The standard InChI is InChI=1S/C25H22N8O9S3/c26-14-3-4-28-25(30-14)45-7-10-6-43-21-16(20(37)33(21)17(10)22(38)39)31-19(36)15(11-8-44-24(27)29-11)32-42-18(23(40)41)9-1-2-12(34)13(35)5-9/h1-5,8,16,18,21,34-35H,6-7H2,(H2,27,29)(H,31,36)(H,38,39)(H,40,41)(H2,26,28,30)/b32-15-/t16?,18-,21-/m0/s1. The Morgan fingerprint density at radius 1 is 1.18 bits per heavy atom. The van der Waals surface area contributed by atoms with Crippen LogP contribution in [0.4, 0.5) is 10.9 Å². The second-order valence-corrected chi connectivity index (χ2v) is 12.2. The van der Waals surface area contributed by atoms with E-state index in [4.69, 9.17) is 16.3 Å². The van der Waals surface area contributed by atoms with E-state index in [2.05, 4.69) is 25.4 Å². The molecular formula is C25H22N8O9S3. The van der Waals surface area contributed by atoms with Crippen molar-refractivity contribution in [3.8, 4) is 11.5 Å². The molecule has 1 fully saturated rings. The number of aromatic nitrogens is 3. The van der Waals surface area contributed by atoms with Crippen LogP contribution in [0.3, 0.4) is 0 Å². The molecule has 0 spiro atoms. The van der Waals surface area contributed by atoms with E-state index in [1.807, 2.05) is 0 Å². The molecular weight excluding hydrogens is 653 g/mol. The maximum Gasteiger partial charge on any atom is 0.352 e. The summed E-state index contributed by atoms with van der Waals surface area (Å²) < 4.78 is 0. The summed E-state index contributed by atoms with van der Waals surface area (Å²) >= 11 is 3.35. The number of nitrogens with one attached hydrogen (secondary N) is 1. The highest BCUT2D eigenvalue weighted by Gasteiger charge is 2.54. The molecule has 2 aliphatic heterocycles. The molecule has 1 saturated heterocycles. The molecule has 17 nitrogen and oxygen atoms in total. The average molecular weight is 675 g/mol. The Morgan fingerprint density at radius 3 is 2.60 bits per heavy atom.